The van der Waals surface area contributed by atoms with Crippen molar-refractivity contribution in [3.05, 3.63) is 102 Å². The summed E-state index contributed by atoms with van der Waals surface area (Å²) < 4.78 is 0. The van der Waals surface area contributed by atoms with Crippen molar-refractivity contribution in [2.45, 2.75) is 50.0 Å². The molecule has 0 aromatic heterocycles. The van der Waals surface area contributed by atoms with Gasteiger partial charge in [0.2, 0.25) is 0 Å². The third-order valence-electron chi connectivity index (χ3n) is 7.78. The normalized spacial score (nSPS) is 24.9. The van der Waals surface area contributed by atoms with Crippen LogP contribution in [0.5, 0.6) is 0 Å². The largest absolute Gasteiger partial charge is 0.319 e. The number of benzene rings is 1. The molecular formula is C31H41N3. The molecule has 3 unspecified atom stereocenters. The zero-order valence-electron chi connectivity index (χ0n) is 21.0. The van der Waals surface area contributed by atoms with Gasteiger partial charge in [0.1, 0.15) is 0 Å². The average Bonchev–Trinajstić information content (AvgIpc) is 3.26. The number of hydrogen-bond acceptors (Lipinski definition) is 3. The Morgan fingerprint density at radius 2 is 2.03 bits per heavy atom. The Morgan fingerprint density at radius 1 is 1.18 bits per heavy atom. The van der Waals surface area contributed by atoms with E-state index in [2.05, 4.69) is 108 Å². The summed E-state index contributed by atoms with van der Waals surface area (Å²) in [4.78, 5) is 0. The van der Waals surface area contributed by atoms with Crippen molar-refractivity contribution < 1.29 is 0 Å². The second kappa shape index (κ2) is 11.8. The maximum atomic E-state index is 4.03. The summed E-state index contributed by atoms with van der Waals surface area (Å²) in [6.07, 6.45) is 23.3. The number of allylic oxidation sites excluding steroid dienone is 6. The monoisotopic (exact) mass is 455 g/mol. The lowest BCUT2D eigenvalue weighted by molar-refractivity contribution is 0.00836. The average molecular weight is 456 g/mol. The van der Waals surface area contributed by atoms with E-state index in [-0.39, 0.29) is 5.41 Å². The fourth-order valence-corrected chi connectivity index (χ4v) is 5.99. The Kier molecular flexibility index (Phi) is 8.59. The minimum absolute atomic E-state index is 0.239. The van der Waals surface area contributed by atoms with Crippen LogP contribution in [0.3, 0.4) is 0 Å². The van der Waals surface area contributed by atoms with E-state index < -0.39 is 0 Å². The highest BCUT2D eigenvalue weighted by molar-refractivity contribution is 5.50. The molecule has 1 aliphatic heterocycles. The van der Waals surface area contributed by atoms with Crippen LogP contribution in [0, 0.1) is 5.92 Å². The predicted octanol–water partition coefficient (Wildman–Crippen LogP) is 5.97. The van der Waals surface area contributed by atoms with Crippen molar-refractivity contribution in [1.82, 2.24) is 15.3 Å². The summed E-state index contributed by atoms with van der Waals surface area (Å²) in [6.45, 7) is 7.26. The summed E-state index contributed by atoms with van der Waals surface area (Å²) >= 11 is 0. The lowest BCUT2D eigenvalue weighted by Crippen LogP contribution is -2.50. The molecule has 0 amide bonds. The molecule has 0 spiro atoms. The van der Waals surface area contributed by atoms with E-state index >= 15 is 0 Å². The number of rotatable bonds is 10. The number of hydrogen-bond donors (Lipinski definition) is 1. The van der Waals surface area contributed by atoms with Crippen molar-refractivity contribution in [3.8, 4) is 0 Å². The highest BCUT2D eigenvalue weighted by atomic mass is 15.6. The number of likely N-dealkylation sites (N-methyl/N-ethyl adjacent to an activating group) is 1. The van der Waals surface area contributed by atoms with Crippen molar-refractivity contribution in [1.29, 1.82) is 0 Å². The van der Waals surface area contributed by atoms with Gasteiger partial charge in [-0.05, 0) is 75.2 Å². The van der Waals surface area contributed by atoms with Crippen molar-refractivity contribution in [2.24, 2.45) is 5.92 Å². The molecule has 0 bridgehead atoms. The van der Waals surface area contributed by atoms with Gasteiger partial charge in [-0.15, -0.1) is 5.73 Å². The van der Waals surface area contributed by atoms with Gasteiger partial charge in [-0.1, -0.05) is 78.9 Å². The topological polar surface area (TPSA) is 18.5 Å². The van der Waals surface area contributed by atoms with Gasteiger partial charge in [0, 0.05) is 26.2 Å². The smallest absolute Gasteiger partial charge is 0.0621 e. The first-order chi connectivity index (χ1) is 16.7. The zero-order valence-corrected chi connectivity index (χ0v) is 21.0. The first kappa shape index (κ1) is 24.7. The lowest BCUT2D eigenvalue weighted by atomic mass is 9.66. The summed E-state index contributed by atoms with van der Waals surface area (Å²) in [5.41, 5.74) is 7.16. The van der Waals surface area contributed by atoms with E-state index in [9.17, 15) is 0 Å². The SMILES string of the molecule is C=C=CC(C1=CCCC=C1)(c1ccccc1)C1CCN(CCC2C=C(CCNC)C=CC2)N1C. The molecule has 3 nitrogen and oxygen atoms in total. The van der Waals surface area contributed by atoms with Crippen LogP contribution < -0.4 is 5.32 Å². The maximum Gasteiger partial charge on any atom is 0.0621 e. The van der Waals surface area contributed by atoms with Gasteiger partial charge in [-0.3, -0.25) is 0 Å². The third-order valence-corrected chi connectivity index (χ3v) is 7.78. The van der Waals surface area contributed by atoms with Crippen LogP contribution in [-0.2, 0) is 5.41 Å². The molecular weight excluding hydrogens is 414 g/mol. The molecule has 1 fully saturated rings. The molecule has 3 aliphatic rings. The van der Waals surface area contributed by atoms with Gasteiger partial charge >= 0.3 is 0 Å². The second-order valence-corrected chi connectivity index (χ2v) is 9.84. The van der Waals surface area contributed by atoms with Crippen molar-refractivity contribution >= 4 is 0 Å². The highest BCUT2D eigenvalue weighted by Crippen LogP contribution is 2.45. The van der Waals surface area contributed by atoms with Crippen LogP contribution in [0.25, 0.3) is 0 Å². The molecule has 1 heterocycles. The molecule has 34 heavy (non-hydrogen) atoms. The molecule has 0 saturated carbocycles. The van der Waals surface area contributed by atoms with Crippen molar-refractivity contribution in [3.63, 3.8) is 0 Å². The van der Waals surface area contributed by atoms with Gasteiger partial charge in [0.05, 0.1) is 5.41 Å². The van der Waals surface area contributed by atoms with Crippen molar-refractivity contribution in [2.75, 3.05) is 33.7 Å². The highest BCUT2D eigenvalue weighted by Gasteiger charge is 2.47. The van der Waals surface area contributed by atoms with Crippen LogP contribution in [0.2, 0.25) is 0 Å². The Labute approximate surface area is 206 Å². The van der Waals surface area contributed by atoms with Gasteiger partial charge < -0.3 is 5.32 Å². The van der Waals surface area contributed by atoms with E-state index in [1.54, 1.807) is 0 Å². The summed E-state index contributed by atoms with van der Waals surface area (Å²) in [5.74, 6) is 0.639. The maximum absolute atomic E-state index is 4.03. The summed E-state index contributed by atoms with van der Waals surface area (Å²) in [7, 11) is 4.31. The Bertz CT molecular complexity index is 979. The van der Waals surface area contributed by atoms with Gasteiger partial charge in [0.25, 0.3) is 0 Å². The Hall–Kier alpha value is -2.42. The van der Waals surface area contributed by atoms with Gasteiger partial charge in [-0.2, -0.15) is 0 Å². The molecule has 1 aromatic carbocycles. The Morgan fingerprint density at radius 3 is 2.76 bits per heavy atom. The molecule has 3 heteroatoms. The molecule has 1 N–H and O–H groups in total. The number of nitrogens with one attached hydrogen (secondary N) is 1. The second-order valence-electron chi connectivity index (χ2n) is 9.84. The summed E-state index contributed by atoms with van der Waals surface area (Å²) in [6, 6.07) is 11.3. The minimum Gasteiger partial charge on any atom is -0.319 e. The first-order valence-corrected chi connectivity index (χ1v) is 13.0. The third kappa shape index (κ3) is 5.29. The molecule has 1 aromatic rings. The van der Waals surface area contributed by atoms with E-state index in [1.807, 2.05) is 7.05 Å². The van der Waals surface area contributed by atoms with Crippen LogP contribution in [0.4, 0.5) is 0 Å². The fourth-order valence-electron chi connectivity index (χ4n) is 5.99. The molecule has 180 valence electrons. The summed E-state index contributed by atoms with van der Waals surface area (Å²) in [5, 5.41) is 8.37. The van der Waals surface area contributed by atoms with Crippen LogP contribution in [0.15, 0.2) is 96.3 Å². The Balaban J connectivity index is 1.54. The molecule has 2 aliphatic carbocycles. The van der Waals surface area contributed by atoms with Crippen LogP contribution >= 0.6 is 0 Å². The molecule has 1 saturated heterocycles. The minimum atomic E-state index is -0.239. The molecule has 0 radical (unpaired) electrons. The first-order valence-electron chi connectivity index (χ1n) is 13.0. The van der Waals surface area contributed by atoms with E-state index in [0.29, 0.717) is 12.0 Å². The van der Waals surface area contributed by atoms with E-state index in [0.717, 1.165) is 51.7 Å². The molecule has 3 atom stereocenters. The predicted molar refractivity (Wildman–Crippen MR) is 145 cm³/mol. The quantitative estimate of drug-likeness (QED) is 0.439. The van der Waals surface area contributed by atoms with Crippen LogP contribution in [-0.4, -0.2) is 49.8 Å². The standard InChI is InChI=1S/C31H41N3/c1-4-21-31(28-14-7-5-8-15-28,29-16-9-6-10-17-29)30-20-24-34(33(30)3)23-19-27-13-11-12-26(25-27)18-22-32-2/h5,7-9,11-12,14-17,21,25,27,30,32H,1,6,10,13,18-20,22-24H2,2-3H3. The number of nitrogens with zero attached hydrogens (tertiary/aromatic N) is 2. The van der Waals surface area contributed by atoms with E-state index in [4.69, 9.17) is 0 Å². The molecule has 4 rings (SSSR count). The van der Waals surface area contributed by atoms with Gasteiger partial charge in [0.15, 0.2) is 0 Å². The lowest BCUT2D eigenvalue weighted by Gasteiger charge is -2.43. The van der Waals surface area contributed by atoms with E-state index in [1.165, 1.54) is 23.1 Å². The van der Waals surface area contributed by atoms with Crippen LogP contribution in [0.1, 0.15) is 44.1 Å². The fraction of sp³-hybridized carbons (Fsp3) is 0.452. The number of hydrazine groups is 1. The van der Waals surface area contributed by atoms with Gasteiger partial charge in [-0.25, -0.2) is 10.0 Å². The zero-order chi connectivity index (χ0) is 23.8.